The molecule has 128 valence electrons. The first-order valence-electron chi connectivity index (χ1n) is 8.89. The van der Waals surface area contributed by atoms with E-state index >= 15 is 0 Å². The van der Waals surface area contributed by atoms with Crippen molar-refractivity contribution in [2.75, 3.05) is 0 Å². The second-order valence-corrected chi connectivity index (χ2v) is 6.30. The summed E-state index contributed by atoms with van der Waals surface area (Å²) in [6.45, 7) is 0. The minimum atomic E-state index is 0.694. The third-order valence-corrected chi connectivity index (χ3v) is 4.56. The highest BCUT2D eigenvalue weighted by Gasteiger charge is 2.24. The summed E-state index contributed by atoms with van der Waals surface area (Å²) in [5, 5.41) is 12.0. The molecule has 0 fully saturated rings. The Morgan fingerprint density at radius 3 is 2.11 bits per heavy atom. The predicted octanol–water partition coefficient (Wildman–Crippen LogP) is 4.36. The first kappa shape index (κ1) is 15.5. The molecular weight excluding hydrogens is 332 g/mol. The molecule has 1 heterocycles. The van der Waals surface area contributed by atoms with Gasteiger partial charge in [-0.25, -0.2) is 0 Å². The summed E-state index contributed by atoms with van der Waals surface area (Å²) in [5.41, 5.74) is 2.94. The molecule has 0 saturated carbocycles. The fraction of sp³-hybridized carbons (Fsp3) is 0. The molecule has 0 aliphatic rings. The van der Waals surface area contributed by atoms with Crippen LogP contribution in [0.4, 0.5) is 0 Å². The Morgan fingerprint density at radius 1 is 0.630 bits per heavy atom. The molecule has 4 aromatic carbocycles. The molecule has 4 nitrogen and oxygen atoms in total. The van der Waals surface area contributed by atoms with Gasteiger partial charge < -0.3 is 0 Å². The van der Waals surface area contributed by atoms with Crippen LogP contribution in [0.15, 0.2) is 103 Å². The lowest BCUT2D eigenvalue weighted by Gasteiger charge is -1.99. The van der Waals surface area contributed by atoms with Gasteiger partial charge in [-0.05, 0) is 51.0 Å². The number of nitrogens with zero attached hydrogens (tertiary/aromatic N) is 4. The number of para-hydroxylation sites is 2. The lowest BCUT2D eigenvalue weighted by molar-refractivity contribution is -0.734. The van der Waals surface area contributed by atoms with Gasteiger partial charge in [-0.15, -0.1) is 0 Å². The summed E-state index contributed by atoms with van der Waals surface area (Å²) in [6, 6.07) is 34.7. The Morgan fingerprint density at radius 2 is 1.30 bits per heavy atom. The number of rotatable bonds is 3. The van der Waals surface area contributed by atoms with Crippen molar-refractivity contribution in [3.05, 3.63) is 103 Å². The van der Waals surface area contributed by atoms with E-state index in [1.54, 1.807) is 0 Å². The Hall–Kier alpha value is -3.79. The molecule has 0 atom stereocenters. The second kappa shape index (κ2) is 6.50. The maximum atomic E-state index is 4.85. The van der Waals surface area contributed by atoms with E-state index in [-0.39, 0.29) is 0 Å². The Kier molecular flexibility index (Phi) is 3.72. The van der Waals surface area contributed by atoms with Gasteiger partial charge in [0.15, 0.2) is 5.69 Å². The average molecular weight is 349 g/mol. The van der Waals surface area contributed by atoms with E-state index in [1.807, 2.05) is 88.5 Å². The molecule has 0 N–H and O–H groups in total. The van der Waals surface area contributed by atoms with Crippen molar-refractivity contribution in [3.8, 4) is 22.8 Å². The lowest BCUT2D eigenvalue weighted by atomic mass is 10.0. The van der Waals surface area contributed by atoms with Crippen LogP contribution in [-0.4, -0.2) is 15.0 Å². The summed E-state index contributed by atoms with van der Waals surface area (Å²) >= 11 is 0. The van der Waals surface area contributed by atoms with Gasteiger partial charge in [-0.3, -0.25) is 0 Å². The van der Waals surface area contributed by atoms with Gasteiger partial charge in [0.05, 0.1) is 10.7 Å². The van der Waals surface area contributed by atoms with Crippen molar-refractivity contribution in [3.63, 3.8) is 0 Å². The zero-order valence-corrected chi connectivity index (χ0v) is 14.6. The predicted molar refractivity (Wildman–Crippen MR) is 106 cm³/mol. The maximum absolute atomic E-state index is 4.85. The van der Waals surface area contributed by atoms with Gasteiger partial charge in [0.25, 0.3) is 0 Å². The minimum Gasteiger partial charge on any atom is -0.0621 e. The third-order valence-electron chi connectivity index (χ3n) is 4.56. The Bertz CT molecular complexity index is 1150. The normalized spacial score (nSPS) is 11.0. The standard InChI is InChI=1S/C23H17N4/c1-3-12-19(13-4-1)26-24-23(25-27(26)20-14-5-2-6-15-20)22-17-9-11-18-10-7-8-16-21(18)22/h1-17H/q+1. The largest absolute Gasteiger partial charge is 0.340 e. The number of hydrogen-bond acceptors (Lipinski definition) is 2. The lowest BCUT2D eigenvalue weighted by Crippen LogP contribution is -2.43. The van der Waals surface area contributed by atoms with Crippen molar-refractivity contribution in [1.29, 1.82) is 0 Å². The third kappa shape index (κ3) is 2.77. The molecule has 0 amide bonds. The van der Waals surface area contributed by atoms with Crippen LogP contribution >= 0.6 is 0 Å². The zero-order valence-electron chi connectivity index (χ0n) is 14.6. The van der Waals surface area contributed by atoms with Crippen molar-refractivity contribution in [2.45, 2.75) is 0 Å². The molecular formula is C23H17N4+. The van der Waals surface area contributed by atoms with E-state index in [2.05, 4.69) is 24.3 Å². The number of fused-ring (bicyclic) bond motifs is 1. The summed E-state index contributed by atoms with van der Waals surface area (Å²) in [7, 11) is 0. The molecule has 0 unspecified atom stereocenters. The van der Waals surface area contributed by atoms with Crippen molar-refractivity contribution < 1.29 is 4.80 Å². The molecule has 0 saturated heterocycles. The summed E-state index contributed by atoms with van der Waals surface area (Å²) in [4.78, 5) is 3.68. The van der Waals surface area contributed by atoms with Crippen molar-refractivity contribution in [1.82, 2.24) is 15.0 Å². The number of benzene rings is 4. The first-order valence-corrected chi connectivity index (χ1v) is 8.89. The van der Waals surface area contributed by atoms with Gasteiger partial charge in [0, 0.05) is 4.80 Å². The van der Waals surface area contributed by atoms with Crippen molar-refractivity contribution >= 4 is 10.8 Å². The van der Waals surface area contributed by atoms with Crippen LogP contribution in [0, 0.1) is 0 Å². The molecule has 27 heavy (non-hydrogen) atoms. The van der Waals surface area contributed by atoms with Crippen LogP contribution in [-0.2, 0) is 0 Å². The van der Waals surface area contributed by atoms with Gasteiger partial charge >= 0.3 is 5.82 Å². The number of aromatic nitrogens is 4. The Labute approximate surface area is 156 Å². The van der Waals surface area contributed by atoms with E-state index in [0.717, 1.165) is 22.3 Å². The fourth-order valence-corrected chi connectivity index (χ4v) is 3.27. The highest BCUT2D eigenvalue weighted by Crippen LogP contribution is 2.25. The highest BCUT2D eigenvalue weighted by atomic mass is 15.7. The smallest absolute Gasteiger partial charge is 0.0621 e. The van der Waals surface area contributed by atoms with E-state index < -0.39 is 0 Å². The fourth-order valence-electron chi connectivity index (χ4n) is 3.27. The maximum Gasteiger partial charge on any atom is 0.340 e. The van der Waals surface area contributed by atoms with E-state index in [4.69, 9.17) is 10.2 Å². The molecule has 1 aromatic heterocycles. The van der Waals surface area contributed by atoms with Crippen LogP contribution in [0.5, 0.6) is 0 Å². The van der Waals surface area contributed by atoms with Crippen LogP contribution < -0.4 is 4.80 Å². The van der Waals surface area contributed by atoms with Crippen molar-refractivity contribution in [2.24, 2.45) is 0 Å². The molecule has 0 aliphatic carbocycles. The van der Waals surface area contributed by atoms with Gasteiger partial charge in [-0.1, -0.05) is 72.8 Å². The van der Waals surface area contributed by atoms with Gasteiger partial charge in [-0.2, -0.15) is 0 Å². The topological polar surface area (TPSA) is 34.6 Å². The summed E-state index contributed by atoms with van der Waals surface area (Å²) in [6.07, 6.45) is 0. The second-order valence-electron chi connectivity index (χ2n) is 6.30. The van der Waals surface area contributed by atoms with Crippen LogP contribution in [0.1, 0.15) is 0 Å². The first-order chi connectivity index (χ1) is 13.4. The van der Waals surface area contributed by atoms with E-state index in [9.17, 15) is 0 Å². The molecule has 5 aromatic rings. The molecule has 4 heteroatoms. The van der Waals surface area contributed by atoms with E-state index in [1.165, 1.54) is 5.39 Å². The minimum absolute atomic E-state index is 0.694. The monoisotopic (exact) mass is 349 g/mol. The summed E-state index contributed by atoms with van der Waals surface area (Å²) in [5.74, 6) is 0.694. The quantitative estimate of drug-likeness (QED) is 0.454. The molecule has 0 spiro atoms. The van der Waals surface area contributed by atoms with Crippen LogP contribution in [0.2, 0.25) is 0 Å². The SMILES string of the molecule is c1ccc(-n2nc(-c3cccc4ccccc34)n[n+]2-c2ccccc2)cc1. The molecule has 5 rings (SSSR count). The molecule has 0 bridgehead atoms. The van der Waals surface area contributed by atoms with E-state index in [0.29, 0.717) is 5.82 Å². The van der Waals surface area contributed by atoms with Gasteiger partial charge in [0.2, 0.25) is 0 Å². The van der Waals surface area contributed by atoms with Crippen LogP contribution in [0.3, 0.4) is 0 Å². The number of tetrazole rings is 1. The highest BCUT2D eigenvalue weighted by molar-refractivity contribution is 5.94. The average Bonchev–Trinajstić information content (AvgIpc) is 3.20. The Balaban J connectivity index is 1.76. The zero-order chi connectivity index (χ0) is 18.1. The summed E-state index contributed by atoms with van der Waals surface area (Å²) < 4.78 is 0. The number of hydrogen-bond donors (Lipinski definition) is 0. The molecule has 0 radical (unpaired) electrons. The van der Waals surface area contributed by atoms with Gasteiger partial charge in [0.1, 0.15) is 5.69 Å². The molecule has 0 aliphatic heterocycles. The van der Waals surface area contributed by atoms with Crippen LogP contribution in [0.25, 0.3) is 33.5 Å².